The lowest BCUT2D eigenvalue weighted by atomic mass is 9.99. The monoisotopic (exact) mass is 470 g/mol. The lowest BCUT2D eigenvalue weighted by Crippen LogP contribution is -2.31. The van der Waals surface area contributed by atoms with E-state index in [0.717, 1.165) is 16.7 Å². The fourth-order valence-electron chi connectivity index (χ4n) is 3.95. The molecule has 1 aliphatic heterocycles. The van der Waals surface area contributed by atoms with E-state index in [2.05, 4.69) is 21.6 Å². The summed E-state index contributed by atoms with van der Waals surface area (Å²) in [6, 6.07) is 11.1. The van der Waals surface area contributed by atoms with Crippen LogP contribution < -0.4 is 20.9 Å². The third kappa shape index (κ3) is 4.84. The summed E-state index contributed by atoms with van der Waals surface area (Å²) in [7, 11) is 3.09. The van der Waals surface area contributed by atoms with Crippen molar-refractivity contribution in [1.29, 1.82) is 0 Å². The van der Waals surface area contributed by atoms with Gasteiger partial charge in [0.1, 0.15) is 5.82 Å². The van der Waals surface area contributed by atoms with Gasteiger partial charge in [-0.05, 0) is 29.3 Å². The molecule has 0 saturated carbocycles. The van der Waals surface area contributed by atoms with Crippen molar-refractivity contribution < 1.29 is 14.3 Å². The molecule has 4 N–H and O–H groups in total. The Labute approximate surface area is 203 Å². The minimum atomic E-state index is -0.371. The van der Waals surface area contributed by atoms with Crippen LogP contribution in [0.5, 0.6) is 11.5 Å². The zero-order valence-electron chi connectivity index (χ0n) is 19.5. The molecule has 35 heavy (non-hydrogen) atoms. The number of fused-ring (bicyclic) bond motifs is 1. The summed E-state index contributed by atoms with van der Waals surface area (Å²) in [6.07, 6.45) is 8.52. The molecule has 2 aromatic carbocycles. The van der Waals surface area contributed by atoms with Crippen LogP contribution in [0.2, 0.25) is 0 Å². The molecule has 0 fully saturated rings. The molecule has 1 amide bonds. The van der Waals surface area contributed by atoms with E-state index in [9.17, 15) is 4.79 Å². The number of rotatable bonds is 7. The highest BCUT2D eigenvalue weighted by Gasteiger charge is 2.26. The van der Waals surface area contributed by atoms with Gasteiger partial charge in [0, 0.05) is 35.4 Å². The Morgan fingerprint density at radius 3 is 2.71 bits per heavy atom. The molecule has 9 heteroatoms. The van der Waals surface area contributed by atoms with Crippen LogP contribution in [0.4, 0.5) is 11.8 Å². The Morgan fingerprint density at radius 2 is 2.00 bits per heavy atom. The lowest BCUT2D eigenvalue weighted by Gasteiger charge is -2.28. The van der Waals surface area contributed by atoms with Crippen LogP contribution in [0.15, 0.2) is 66.4 Å². The molecule has 1 atom stereocenters. The number of nitrogens with zero attached hydrogens (tertiary/aromatic N) is 4. The van der Waals surface area contributed by atoms with Crippen molar-refractivity contribution in [3.8, 4) is 11.5 Å². The third-order valence-corrected chi connectivity index (χ3v) is 5.63. The summed E-state index contributed by atoms with van der Waals surface area (Å²) in [6.45, 7) is 3.89. The number of anilines is 2. The first-order valence-electron chi connectivity index (χ1n) is 10.8. The van der Waals surface area contributed by atoms with Crippen molar-refractivity contribution in [2.75, 3.05) is 25.7 Å². The number of ether oxygens (including phenoxy) is 2. The van der Waals surface area contributed by atoms with Crippen molar-refractivity contribution in [2.45, 2.75) is 12.5 Å². The fraction of sp³-hybridized carbons (Fsp3) is 0.154. The molecule has 0 bridgehead atoms. The number of nitrogen functional groups attached to an aromatic ring is 2. The molecule has 2 heterocycles. The maximum absolute atomic E-state index is 13.1. The number of benzene rings is 2. The van der Waals surface area contributed by atoms with Crippen molar-refractivity contribution in [1.82, 2.24) is 15.0 Å². The highest BCUT2D eigenvalue weighted by Crippen LogP contribution is 2.35. The highest BCUT2D eigenvalue weighted by molar-refractivity contribution is 5.95. The topological polar surface area (TPSA) is 129 Å². The van der Waals surface area contributed by atoms with Gasteiger partial charge in [0.2, 0.25) is 5.95 Å². The van der Waals surface area contributed by atoms with Crippen LogP contribution in [0.3, 0.4) is 0 Å². The summed E-state index contributed by atoms with van der Waals surface area (Å²) in [4.78, 5) is 21.2. The van der Waals surface area contributed by atoms with Gasteiger partial charge in [-0.25, -0.2) is 9.99 Å². The first-order chi connectivity index (χ1) is 16.9. The van der Waals surface area contributed by atoms with Crippen LogP contribution in [0, 0.1) is 0 Å². The zero-order chi connectivity index (χ0) is 24.9. The van der Waals surface area contributed by atoms with Gasteiger partial charge in [0.15, 0.2) is 11.5 Å². The quantitative estimate of drug-likeness (QED) is 0.400. The van der Waals surface area contributed by atoms with Gasteiger partial charge in [-0.2, -0.15) is 10.1 Å². The number of amides is 1. The fourth-order valence-corrected chi connectivity index (χ4v) is 3.95. The number of nitrogens with two attached hydrogens (primary N) is 2. The van der Waals surface area contributed by atoms with E-state index in [0.29, 0.717) is 34.9 Å². The van der Waals surface area contributed by atoms with Crippen LogP contribution in [-0.4, -0.2) is 41.3 Å². The average molecular weight is 471 g/mol. The van der Waals surface area contributed by atoms with Crippen LogP contribution >= 0.6 is 0 Å². The summed E-state index contributed by atoms with van der Waals surface area (Å²) in [5, 5.41) is 5.74. The largest absolute Gasteiger partial charge is 0.493 e. The Hall–Kier alpha value is -4.66. The van der Waals surface area contributed by atoms with Gasteiger partial charge in [-0.3, -0.25) is 4.79 Å². The maximum atomic E-state index is 13.1. The summed E-state index contributed by atoms with van der Waals surface area (Å²) < 4.78 is 11.1. The number of carbonyl (C=O) groups is 1. The SMILES string of the molecule is C=CC1c2ccccc2C=NN1C(=O)/C=C/c1cc(Cc2cnc(N)nc2N)cc(OC)c1OC. The second-order valence-electron chi connectivity index (χ2n) is 7.81. The first kappa shape index (κ1) is 23.5. The average Bonchev–Trinajstić information content (AvgIpc) is 2.87. The molecule has 4 rings (SSSR count). The number of hydrogen-bond donors (Lipinski definition) is 2. The first-order valence-corrected chi connectivity index (χ1v) is 10.8. The van der Waals surface area contributed by atoms with Gasteiger partial charge in [0.05, 0.1) is 26.5 Å². The van der Waals surface area contributed by atoms with Gasteiger partial charge in [-0.15, -0.1) is 6.58 Å². The molecule has 0 spiro atoms. The molecule has 0 aliphatic carbocycles. The zero-order valence-corrected chi connectivity index (χ0v) is 19.5. The van der Waals surface area contributed by atoms with E-state index >= 15 is 0 Å². The lowest BCUT2D eigenvalue weighted by molar-refractivity contribution is -0.127. The van der Waals surface area contributed by atoms with E-state index in [1.807, 2.05) is 36.4 Å². The summed E-state index contributed by atoms with van der Waals surface area (Å²) in [5.41, 5.74) is 15.8. The van der Waals surface area contributed by atoms with E-state index in [1.54, 1.807) is 38.8 Å². The molecule has 0 saturated heterocycles. The number of hydrogen-bond acceptors (Lipinski definition) is 8. The van der Waals surface area contributed by atoms with E-state index in [1.165, 1.54) is 11.1 Å². The summed E-state index contributed by atoms with van der Waals surface area (Å²) in [5.74, 6) is 1.12. The molecule has 1 aromatic heterocycles. The third-order valence-electron chi connectivity index (χ3n) is 5.63. The van der Waals surface area contributed by atoms with Crippen molar-refractivity contribution in [2.24, 2.45) is 5.10 Å². The van der Waals surface area contributed by atoms with Gasteiger partial charge >= 0.3 is 0 Å². The van der Waals surface area contributed by atoms with Crippen LogP contribution in [-0.2, 0) is 11.2 Å². The second kappa shape index (κ2) is 10.1. The smallest absolute Gasteiger partial charge is 0.267 e. The Balaban J connectivity index is 1.64. The summed E-state index contributed by atoms with van der Waals surface area (Å²) >= 11 is 0. The van der Waals surface area contributed by atoms with E-state index in [4.69, 9.17) is 20.9 Å². The Kier molecular flexibility index (Phi) is 6.77. The molecule has 9 nitrogen and oxygen atoms in total. The van der Waals surface area contributed by atoms with Crippen LogP contribution in [0.25, 0.3) is 6.08 Å². The molecular formula is C26H26N6O3. The number of hydrazone groups is 1. The number of aromatic nitrogens is 2. The molecule has 1 unspecified atom stereocenters. The number of carbonyl (C=O) groups excluding carboxylic acids is 1. The van der Waals surface area contributed by atoms with Gasteiger partial charge < -0.3 is 20.9 Å². The predicted molar refractivity (Wildman–Crippen MR) is 136 cm³/mol. The van der Waals surface area contributed by atoms with Gasteiger partial charge in [-0.1, -0.05) is 30.3 Å². The Morgan fingerprint density at radius 1 is 1.20 bits per heavy atom. The van der Waals surface area contributed by atoms with Crippen molar-refractivity contribution >= 4 is 30.0 Å². The highest BCUT2D eigenvalue weighted by atomic mass is 16.5. The molecule has 3 aromatic rings. The second-order valence-corrected chi connectivity index (χ2v) is 7.81. The van der Waals surface area contributed by atoms with Crippen molar-refractivity contribution in [3.05, 3.63) is 89.1 Å². The van der Waals surface area contributed by atoms with E-state index in [-0.39, 0.29) is 17.9 Å². The molecular weight excluding hydrogens is 444 g/mol. The minimum absolute atomic E-state index is 0.113. The van der Waals surface area contributed by atoms with Crippen LogP contribution in [0.1, 0.15) is 33.9 Å². The molecule has 1 aliphatic rings. The molecule has 0 radical (unpaired) electrons. The van der Waals surface area contributed by atoms with E-state index < -0.39 is 0 Å². The minimum Gasteiger partial charge on any atom is -0.493 e. The molecule has 178 valence electrons. The Bertz CT molecular complexity index is 1330. The van der Waals surface area contributed by atoms with Gasteiger partial charge in [0.25, 0.3) is 5.91 Å². The number of methoxy groups -OCH3 is 2. The van der Waals surface area contributed by atoms with Crippen molar-refractivity contribution in [3.63, 3.8) is 0 Å². The normalized spacial score (nSPS) is 14.6. The predicted octanol–water partition coefficient (Wildman–Crippen LogP) is 3.37. The standard InChI is InChI=1S/C26H26N6O3/c1-4-21-20-8-6-5-7-18(20)15-30-32(21)23(33)10-9-17-11-16(13-22(34-2)24(17)35-3)12-19-14-29-26(28)31-25(19)27/h4-11,13-15,21H,1,12H2,2-3H3,(H4,27,28,29,31)/b10-9+. The maximum Gasteiger partial charge on any atom is 0.267 e.